The fraction of sp³-hybridized carbons (Fsp3) is 0.400. The van der Waals surface area contributed by atoms with Crippen molar-refractivity contribution in [2.45, 2.75) is 54.4 Å². The molecule has 2 heterocycles. The minimum absolute atomic E-state index is 0.0389. The highest BCUT2D eigenvalue weighted by Gasteiger charge is 2.49. The highest BCUT2D eigenvalue weighted by Crippen LogP contribution is 2.41. The lowest BCUT2D eigenvalue weighted by Gasteiger charge is -2.37. The van der Waals surface area contributed by atoms with E-state index in [1.54, 1.807) is 0 Å². The summed E-state index contributed by atoms with van der Waals surface area (Å²) in [7, 11) is -4.72. The van der Waals surface area contributed by atoms with Gasteiger partial charge in [0.25, 0.3) is 10.0 Å². The Hall–Kier alpha value is -2.45. The molecular weight excluding hydrogens is 579 g/mol. The van der Waals surface area contributed by atoms with Crippen molar-refractivity contribution >= 4 is 39.5 Å². The Morgan fingerprint density at radius 1 is 1.03 bits per heavy atom. The summed E-state index contributed by atoms with van der Waals surface area (Å²) >= 11 is 7.11. The van der Waals surface area contributed by atoms with Crippen LogP contribution in [0.2, 0.25) is 0 Å². The summed E-state index contributed by atoms with van der Waals surface area (Å²) in [4.78, 5) is 18.1. The number of hydrogen-bond donors (Lipinski definition) is 0. The van der Waals surface area contributed by atoms with Crippen LogP contribution in [-0.2, 0) is 30.8 Å². The molecule has 1 aliphatic carbocycles. The molecule has 1 saturated heterocycles. The van der Waals surface area contributed by atoms with E-state index in [0.29, 0.717) is 18.9 Å². The van der Waals surface area contributed by atoms with Crippen LogP contribution in [0.1, 0.15) is 36.4 Å². The number of halogens is 4. The molecule has 2 aliphatic heterocycles. The van der Waals surface area contributed by atoms with Crippen LogP contribution < -0.4 is 0 Å². The highest BCUT2D eigenvalue weighted by atomic mass is 35.5. The number of carbonyl (C=O) groups excluding carboxylic acids is 1. The van der Waals surface area contributed by atoms with Crippen LogP contribution in [0, 0.1) is 0 Å². The van der Waals surface area contributed by atoms with Crippen LogP contribution in [0.15, 0.2) is 70.8 Å². The van der Waals surface area contributed by atoms with Crippen LogP contribution in [0.25, 0.3) is 0 Å². The molecule has 2 aromatic rings. The zero-order valence-corrected chi connectivity index (χ0v) is 22.8. The van der Waals surface area contributed by atoms with E-state index >= 15 is 0 Å². The minimum Gasteiger partial charge on any atom is -0.474 e. The van der Waals surface area contributed by atoms with E-state index in [2.05, 4.69) is 34.0 Å². The van der Waals surface area contributed by atoms with Crippen LogP contribution in [0.4, 0.5) is 13.2 Å². The largest absolute Gasteiger partial charge is 0.492 e. The van der Waals surface area contributed by atoms with Gasteiger partial charge in [-0.15, -0.1) is 0 Å². The molecular formula is C25H25ClF3N3O5S2. The summed E-state index contributed by atoms with van der Waals surface area (Å²) in [5.74, 6) is -2.63. The number of piperidine rings is 1. The molecule has 8 nitrogen and oxygen atoms in total. The van der Waals surface area contributed by atoms with Gasteiger partial charge in [-0.25, -0.2) is 17.6 Å². The summed E-state index contributed by atoms with van der Waals surface area (Å²) in [6.07, 6.45) is -2.18. The quantitative estimate of drug-likeness (QED) is 0.318. The second-order valence-corrected chi connectivity index (χ2v) is 12.4. The number of benzene rings is 2. The minimum atomic E-state index is -5.43. The predicted octanol–water partition coefficient (Wildman–Crippen LogP) is 5.15. The zero-order chi connectivity index (χ0) is 27.8. The van der Waals surface area contributed by atoms with Crippen LogP contribution in [-0.4, -0.2) is 59.0 Å². The number of hydroxylamine groups is 1. The molecule has 0 aromatic heterocycles. The average molecular weight is 604 g/mol. The van der Waals surface area contributed by atoms with Gasteiger partial charge >= 0.3 is 12.1 Å². The molecule has 210 valence electrons. The SMILES string of the molecule is O=C(ON(C1SC=C(OC2CCN(C3CCc4ccccc43)CC2)N1Cl)S(=O)(=O)c1ccccc1)C(F)(F)F. The van der Waals surface area contributed by atoms with Gasteiger partial charge in [0.1, 0.15) is 6.10 Å². The first-order valence-electron chi connectivity index (χ1n) is 12.2. The maximum absolute atomic E-state index is 13.2. The van der Waals surface area contributed by atoms with Crippen molar-refractivity contribution in [3.63, 3.8) is 0 Å². The van der Waals surface area contributed by atoms with Crippen molar-refractivity contribution in [1.29, 1.82) is 0 Å². The van der Waals surface area contributed by atoms with Gasteiger partial charge in [-0.2, -0.15) is 13.2 Å². The number of likely N-dealkylation sites (tertiary alicyclic amines) is 1. The fourth-order valence-corrected chi connectivity index (χ4v) is 7.85. The maximum Gasteiger partial charge on any atom is 0.492 e. The van der Waals surface area contributed by atoms with Gasteiger partial charge in [0, 0.05) is 40.8 Å². The number of thioether (sulfide) groups is 1. The van der Waals surface area contributed by atoms with Crippen LogP contribution in [0.3, 0.4) is 0 Å². The van der Waals surface area contributed by atoms with E-state index in [4.69, 9.17) is 16.5 Å². The first-order valence-corrected chi connectivity index (χ1v) is 15.0. The van der Waals surface area contributed by atoms with Crippen molar-refractivity contribution < 1.29 is 36.0 Å². The number of ether oxygens (including phenoxy) is 1. The third kappa shape index (κ3) is 5.87. The van der Waals surface area contributed by atoms with Crippen molar-refractivity contribution in [3.8, 4) is 0 Å². The van der Waals surface area contributed by atoms with E-state index in [0.717, 1.165) is 42.1 Å². The summed E-state index contributed by atoms with van der Waals surface area (Å²) in [6.45, 7) is 1.57. The second kappa shape index (κ2) is 11.2. The second-order valence-electron chi connectivity index (χ2n) is 9.29. The Bertz CT molecular complexity index is 1340. The Labute approximate surface area is 233 Å². The van der Waals surface area contributed by atoms with Crippen molar-refractivity contribution in [3.05, 3.63) is 77.0 Å². The van der Waals surface area contributed by atoms with Crippen LogP contribution in [0.5, 0.6) is 0 Å². The van der Waals surface area contributed by atoms with E-state index < -0.39 is 27.7 Å². The van der Waals surface area contributed by atoms with Gasteiger partial charge in [-0.05, 0) is 48.9 Å². The molecule has 5 rings (SSSR count). The first-order chi connectivity index (χ1) is 18.6. The molecule has 0 amide bonds. The maximum atomic E-state index is 13.2. The van der Waals surface area contributed by atoms with E-state index in [9.17, 15) is 26.4 Å². The number of aryl methyl sites for hydroxylation is 1. The normalized spacial score (nSPS) is 22.6. The average Bonchev–Trinajstić information content (AvgIpc) is 3.51. The molecule has 0 radical (unpaired) electrons. The van der Waals surface area contributed by atoms with Gasteiger partial charge in [0.15, 0.2) is 0 Å². The van der Waals surface area contributed by atoms with Gasteiger partial charge in [-0.1, -0.05) is 54.2 Å². The van der Waals surface area contributed by atoms with Gasteiger partial charge in [-0.3, -0.25) is 4.90 Å². The number of rotatable bonds is 7. The monoisotopic (exact) mass is 603 g/mol. The molecule has 2 atom stereocenters. The molecule has 0 N–H and O–H groups in total. The lowest BCUT2D eigenvalue weighted by atomic mass is 10.0. The Morgan fingerprint density at radius 2 is 1.69 bits per heavy atom. The number of carbonyl (C=O) groups is 1. The lowest BCUT2D eigenvalue weighted by Crippen LogP contribution is -2.47. The van der Waals surface area contributed by atoms with Crippen molar-refractivity contribution in [2.75, 3.05) is 13.1 Å². The van der Waals surface area contributed by atoms with Crippen molar-refractivity contribution in [1.82, 2.24) is 13.8 Å². The Kier molecular flexibility index (Phi) is 8.07. The lowest BCUT2D eigenvalue weighted by molar-refractivity contribution is -0.226. The van der Waals surface area contributed by atoms with E-state index in [1.807, 2.05) is 0 Å². The predicted molar refractivity (Wildman–Crippen MR) is 138 cm³/mol. The molecule has 39 heavy (non-hydrogen) atoms. The molecule has 3 aliphatic rings. The molecule has 0 spiro atoms. The Balaban J connectivity index is 1.25. The van der Waals surface area contributed by atoms with Crippen molar-refractivity contribution in [2.24, 2.45) is 0 Å². The summed E-state index contributed by atoms with van der Waals surface area (Å²) in [6, 6.07) is 15.4. The number of fused-ring (bicyclic) bond motifs is 1. The molecule has 1 fully saturated rings. The standard InChI is InChI=1S/C25H25ClF3N3O5S2/c26-31-22(36-18-12-14-30(15-13-18)21-11-10-17-6-4-5-9-20(17)21)16-38-24(31)32(37-23(33)25(27,28)29)39(34,35)19-7-2-1-3-8-19/h1-9,16,18,21,24H,10-15H2. The van der Waals surface area contributed by atoms with Gasteiger partial charge in [0.2, 0.25) is 11.4 Å². The molecule has 0 bridgehead atoms. The summed E-state index contributed by atoms with van der Waals surface area (Å²) < 4.78 is 72.2. The third-order valence-electron chi connectivity index (χ3n) is 6.86. The third-order valence-corrected chi connectivity index (χ3v) is 10.1. The smallest absolute Gasteiger partial charge is 0.474 e. The number of hydrogen-bond acceptors (Lipinski definition) is 8. The topological polar surface area (TPSA) is 79.4 Å². The van der Waals surface area contributed by atoms with Crippen LogP contribution >= 0.6 is 23.5 Å². The number of sulfonamides is 1. The number of nitrogens with zero attached hydrogens (tertiary/aromatic N) is 3. The zero-order valence-electron chi connectivity index (χ0n) is 20.5. The van der Waals surface area contributed by atoms with E-state index in [-0.39, 0.29) is 21.4 Å². The summed E-state index contributed by atoms with van der Waals surface area (Å²) in [5.41, 5.74) is 1.17. The highest BCUT2D eigenvalue weighted by molar-refractivity contribution is 8.03. The first kappa shape index (κ1) is 28.1. The van der Waals surface area contributed by atoms with Gasteiger partial charge < -0.3 is 9.57 Å². The molecule has 2 unspecified atom stereocenters. The molecule has 14 heteroatoms. The summed E-state index contributed by atoms with van der Waals surface area (Å²) in [5, 5.41) is 1.40. The molecule has 0 saturated carbocycles. The van der Waals surface area contributed by atoms with Gasteiger partial charge in [0.05, 0.1) is 4.90 Å². The van der Waals surface area contributed by atoms with E-state index in [1.165, 1.54) is 46.9 Å². The fourth-order valence-electron chi connectivity index (χ4n) is 4.97. The molecule has 2 aromatic carbocycles. The Morgan fingerprint density at radius 3 is 2.38 bits per heavy atom. The number of alkyl halides is 3.